The topological polar surface area (TPSA) is 108 Å². The number of nitrogens with one attached hydrogen (secondary N) is 3. The van der Waals surface area contributed by atoms with Crippen molar-refractivity contribution in [1.82, 2.24) is 20.9 Å². The smallest absolute Gasteiger partial charge is 0.319 e. The average Bonchev–Trinajstić information content (AvgIpc) is 3.00. The minimum atomic E-state index is -0.713. The normalized spacial score (nSPS) is 17.5. The second kappa shape index (κ2) is 11.6. The molecule has 0 saturated heterocycles. The van der Waals surface area contributed by atoms with Crippen LogP contribution in [-0.4, -0.2) is 42.1 Å². The molecule has 186 valence electrons. The molecule has 3 rings (SSSR count). The van der Waals surface area contributed by atoms with Crippen LogP contribution >= 0.6 is 0 Å². The fourth-order valence-electron chi connectivity index (χ4n) is 4.65. The Bertz CT molecular complexity index is 1090. The molecule has 2 aliphatic rings. The number of allylic oxidation sites excluding steroid dienone is 5. The van der Waals surface area contributed by atoms with Gasteiger partial charge in [-0.05, 0) is 47.1 Å². The van der Waals surface area contributed by atoms with Crippen LogP contribution in [0.15, 0.2) is 48.2 Å². The highest BCUT2D eigenvalue weighted by Gasteiger charge is 2.37. The van der Waals surface area contributed by atoms with E-state index in [1.807, 2.05) is 57.2 Å². The van der Waals surface area contributed by atoms with Gasteiger partial charge in [-0.15, -0.1) is 0 Å². The number of carbonyl (C=O) groups is 4. The summed E-state index contributed by atoms with van der Waals surface area (Å²) in [6, 6.07) is 2.61. The first kappa shape index (κ1) is 25.9. The summed E-state index contributed by atoms with van der Waals surface area (Å²) in [6.45, 7) is 6.73. The van der Waals surface area contributed by atoms with Gasteiger partial charge in [0.1, 0.15) is 12.3 Å². The number of carbonyl (C=O) groups excluding carboxylic acids is 4. The Labute approximate surface area is 206 Å². The number of urea groups is 1. The van der Waals surface area contributed by atoms with Crippen LogP contribution in [0.5, 0.6) is 0 Å². The summed E-state index contributed by atoms with van der Waals surface area (Å²) >= 11 is 0. The molecule has 0 fully saturated rings. The third-order valence-electron chi connectivity index (χ3n) is 6.27. The fourth-order valence-corrected chi connectivity index (χ4v) is 4.65. The SMILES string of the molecule is CNC(=O)C(CCC=O)N1Cc2c(ccc(CNC(=O)NC3=CC(C)C=CC=C3)c2C(C)C)C1=O. The van der Waals surface area contributed by atoms with Gasteiger partial charge in [-0.25, -0.2) is 4.79 Å². The number of amides is 4. The number of nitrogens with zero attached hydrogens (tertiary/aromatic N) is 1. The highest BCUT2D eigenvalue weighted by Crippen LogP contribution is 2.34. The Morgan fingerprint density at radius 2 is 2.00 bits per heavy atom. The molecular weight excluding hydrogens is 444 g/mol. The van der Waals surface area contributed by atoms with E-state index in [9.17, 15) is 19.2 Å². The first-order valence-electron chi connectivity index (χ1n) is 12.0. The molecule has 0 spiro atoms. The zero-order valence-electron chi connectivity index (χ0n) is 20.8. The minimum Gasteiger partial charge on any atom is -0.357 e. The van der Waals surface area contributed by atoms with Crippen molar-refractivity contribution < 1.29 is 19.2 Å². The van der Waals surface area contributed by atoms with Crippen molar-refractivity contribution in [1.29, 1.82) is 0 Å². The molecule has 35 heavy (non-hydrogen) atoms. The molecule has 0 saturated carbocycles. The van der Waals surface area contributed by atoms with Crippen molar-refractivity contribution in [3.05, 3.63) is 70.5 Å². The van der Waals surface area contributed by atoms with Crippen molar-refractivity contribution in [2.45, 2.75) is 58.7 Å². The molecule has 1 aliphatic carbocycles. The predicted octanol–water partition coefficient (Wildman–Crippen LogP) is 3.30. The van der Waals surface area contributed by atoms with Crippen LogP contribution < -0.4 is 16.0 Å². The molecule has 4 amide bonds. The fraction of sp³-hybridized carbons (Fsp3) is 0.407. The van der Waals surface area contributed by atoms with Crippen LogP contribution in [0.25, 0.3) is 0 Å². The van der Waals surface area contributed by atoms with Gasteiger partial charge in [0.05, 0.1) is 0 Å². The first-order chi connectivity index (χ1) is 16.8. The Morgan fingerprint density at radius 1 is 1.23 bits per heavy atom. The van der Waals surface area contributed by atoms with Gasteiger partial charge in [0, 0.05) is 37.8 Å². The number of fused-ring (bicyclic) bond motifs is 1. The largest absolute Gasteiger partial charge is 0.357 e. The number of aldehydes is 1. The number of benzene rings is 1. The number of hydrogen-bond acceptors (Lipinski definition) is 4. The van der Waals surface area contributed by atoms with E-state index in [4.69, 9.17) is 0 Å². The van der Waals surface area contributed by atoms with Gasteiger partial charge in [-0.3, -0.25) is 9.59 Å². The molecule has 8 nitrogen and oxygen atoms in total. The van der Waals surface area contributed by atoms with Gasteiger partial charge in [0.2, 0.25) is 5.91 Å². The maximum Gasteiger partial charge on any atom is 0.319 e. The molecule has 2 atom stereocenters. The third kappa shape index (κ3) is 6.07. The summed E-state index contributed by atoms with van der Waals surface area (Å²) in [5.41, 5.74) is 4.09. The van der Waals surface area contributed by atoms with Crippen molar-refractivity contribution in [3.63, 3.8) is 0 Å². The van der Waals surface area contributed by atoms with Crippen molar-refractivity contribution >= 4 is 24.1 Å². The quantitative estimate of drug-likeness (QED) is 0.473. The van der Waals surface area contributed by atoms with Gasteiger partial charge < -0.3 is 25.6 Å². The summed E-state index contributed by atoms with van der Waals surface area (Å²) in [4.78, 5) is 50.7. The maximum absolute atomic E-state index is 13.2. The van der Waals surface area contributed by atoms with Crippen molar-refractivity contribution in [2.75, 3.05) is 7.05 Å². The molecule has 0 aromatic heterocycles. The van der Waals surface area contributed by atoms with Crippen LogP contribution in [0.2, 0.25) is 0 Å². The highest BCUT2D eigenvalue weighted by molar-refractivity contribution is 6.01. The van der Waals surface area contributed by atoms with Crippen molar-refractivity contribution in [3.8, 4) is 0 Å². The predicted molar refractivity (Wildman–Crippen MR) is 134 cm³/mol. The molecule has 0 radical (unpaired) electrons. The maximum atomic E-state index is 13.2. The van der Waals surface area contributed by atoms with Gasteiger partial charge in [0.15, 0.2) is 0 Å². The van der Waals surface area contributed by atoms with E-state index in [1.165, 1.54) is 7.05 Å². The molecule has 1 aromatic carbocycles. The van der Waals surface area contributed by atoms with Crippen LogP contribution in [0.4, 0.5) is 4.79 Å². The van der Waals surface area contributed by atoms with Gasteiger partial charge >= 0.3 is 6.03 Å². The standard InChI is InChI=1S/C27H34N4O4/c1-17(2)24-19(15-29-27(35)30-20-9-6-5-8-18(3)14-20)11-12-21-22(24)16-31(26(21)34)23(10-7-13-32)25(33)28-4/h5-6,8-9,11-14,17-18,23H,7,10,15-16H2,1-4H3,(H,28,33)(H2,29,30,35). The summed E-state index contributed by atoms with van der Waals surface area (Å²) < 4.78 is 0. The number of likely N-dealkylation sites (N-methyl/N-ethyl adjacent to an activating group) is 1. The van der Waals surface area contributed by atoms with E-state index >= 15 is 0 Å². The van der Waals surface area contributed by atoms with E-state index in [0.717, 1.165) is 28.7 Å². The van der Waals surface area contributed by atoms with E-state index in [0.29, 0.717) is 18.7 Å². The Morgan fingerprint density at radius 3 is 2.69 bits per heavy atom. The molecule has 8 heteroatoms. The summed E-state index contributed by atoms with van der Waals surface area (Å²) in [7, 11) is 1.52. The lowest BCUT2D eigenvalue weighted by Gasteiger charge is -2.26. The lowest BCUT2D eigenvalue weighted by atomic mass is 9.89. The van der Waals surface area contributed by atoms with E-state index < -0.39 is 6.04 Å². The van der Waals surface area contributed by atoms with Crippen LogP contribution in [0.3, 0.4) is 0 Å². The monoisotopic (exact) mass is 478 g/mol. The van der Waals surface area contributed by atoms with Crippen LogP contribution in [0.1, 0.15) is 66.6 Å². The molecule has 3 N–H and O–H groups in total. The van der Waals surface area contributed by atoms with Gasteiger partial charge in [-0.2, -0.15) is 0 Å². The molecular formula is C27H34N4O4. The first-order valence-corrected chi connectivity index (χ1v) is 12.0. The van der Waals surface area contributed by atoms with Crippen LogP contribution in [0, 0.1) is 5.92 Å². The minimum absolute atomic E-state index is 0.102. The third-order valence-corrected chi connectivity index (χ3v) is 6.27. The average molecular weight is 479 g/mol. The summed E-state index contributed by atoms with van der Waals surface area (Å²) in [5.74, 6) is -0.182. The summed E-state index contributed by atoms with van der Waals surface area (Å²) in [6.07, 6.45) is 10.9. The number of rotatable bonds is 9. The second-order valence-electron chi connectivity index (χ2n) is 9.16. The van der Waals surface area contributed by atoms with Gasteiger partial charge in [0.25, 0.3) is 5.91 Å². The molecule has 1 heterocycles. The molecule has 0 bridgehead atoms. The van der Waals surface area contributed by atoms with E-state index in [-0.39, 0.29) is 42.5 Å². The zero-order valence-corrected chi connectivity index (χ0v) is 20.8. The highest BCUT2D eigenvalue weighted by atomic mass is 16.2. The Hall–Kier alpha value is -3.68. The van der Waals surface area contributed by atoms with Crippen LogP contribution in [-0.2, 0) is 22.7 Å². The molecule has 2 unspecified atom stereocenters. The van der Waals surface area contributed by atoms with Crippen molar-refractivity contribution in [2.24, 2.45) is 5.92 Å². The second-order valence-corrected chi connectivity index (χ2v) is 9.16. The summed E-state index contributed by atoms with van der Waals surface area (Å²) in [5, 5.41) is 8.40. The molecule has 1 aromatic rings. The zero-order chi connectivity index (χ0) is 25.5. The Balaban J connectivity index is 1.79. The van der Waals surface area contributed by atoms with Gasteiger partial charge in [-0.1, -0.05) is 51.1 Å². The van der Waals surface area contributed by atoms with E-state index in [2.05, 4.69) is 16.0 Å². The number of hydrogen-bond donors (Lipinski definition) is 3. The molecule has 1 aliphatic heterocycles. The lowest BCUT2D eigenvalue weighted by Crippen LogP contribution is -2.46. The van der Waals surface area contributed by atoms with E-state index in [1.54, 1.807) is 11.0 Å². The lowest BCUT2D eigenvalue weighted by molar-refractivity contribution is -0.125. The Kier molecular flexibility index (Phi) is 8.63.